The van der Waals surface area contributed by atoms with Gasteiger partial charge in [-0.25, -0.2) is 9.59 Å². The van der Waals surface area contributed by atoms with E-state index in [-0.39, 0.29) is 4.90 Å². The van der Waals surface area contributed by atoms with Crippen molar-refractivity contribution in [3.05, 3.63) is 120 Å². The number of methoxy groups -OCH3 is 2. The Hall–Kier alpha value is -3.84. The molecule has 0 heterocycles. The standard InChI is InChI=1S/C22H19O4P.C8H10O3S/c1-25-21(23)16-13-17(22(24)26-2)15-20(14-16)27(18-9-5-3-6-10-18)19-11-7-4-8-12-19;1-7-3-5-8(6-4-7)12(9,10)11-2/h3-15H,1-2H3;3-6H,1-2H3. The summed E-state index contributed by atoms with van der Waals surface area (Å²) in [5, 5.41) is 3.12. The maximum atomic E-state index is 12.2. The Labute approximate surface area is 230 Å². The molecule has 0 bridgehead atoms. The highest BCUT2D eigenvalue weighted by Crippen LogP contribution is 2.33. The number of esters is 2. The van der Waals surface area contributed by atoms with Crippen molar-refractivity contribution in [2.45, 2.75) is 11.8 Å². The van der Waals surface area contributed by atoms with Gasteiger partial charge in [0.15, 0.2) is 0 Å². The van der Waals surface area contributed by atoms with Crippen LogP contribution in [0.25, 0.3) is 0 Å². The van der Waals surface area contributed by atoms with Crippen molar-refractivity contribution in [1.29, 1.82) is 0 Å². The van der Waals surface area contributed by atoms with Gasteiger partial charge < -0.3 is 9.47 Å². The fourth-order valence-electron chi connectivity index (χ4n) is 3.61. The number of hydrogen-bond donors (Lipinski definition) is 0. The number of aryl methyl sites for hydroxylation is 1. The molecule has 0 saturated carbocycles. The monoisotopic (exact) mass is 564 g/mol. The van der Waals surface area contributed by atoms with Gasteiger partial charge in [-0.15, -0.1) is 0 Å². The topological polar surface area (TPSA) is 96.0 Å². The van der Waals surface area contributed by atoms with Crippen LogP contribution in [0.5, 0.6) is 0 Å². The van der Waals surface area contributed by atoms with Crippen LogP contribution in [0.15, 0.2) is 108 Å². The highest BCUT2D eigenvalue weighted by molar-refractivity contribution is 7.86. The average molecular weight is 565 g/mol. The Morgan fingerprint density at radius 2 is 1.05 bits per heavy atom. The van der Waals surface area contributed by atoms with Crippen LogP contribution >= 0.6 is 7.92 Å². The van der Waals surface area contributed by atoms with Gasteiger partial charge in [-0.2, -0.15) is 8.42 Å². The van der Waals surface area contributed by atoms with Crippen molar-refractivity contribution in [3.63, 3.8) is 0 Å². The third kappa shape index (κ3) is 7.83. The molecule has 0 atom stereocenters. The number of carbonyl (C=O) groups is 2. The maximum Gasteiger partial charge on any atom is 0.337 e. The fourth-order valence-corrected chi connectivity index (χ4v) is 6.65. The van der Waals surface area contributed by atoms with E-state index in [4.69, 9.17) is 9.47 Å². The molecule has 9 heteroatoms. The molecule has 39 heavy (non-hydrogen) atoms. The number of ether oxygens (including phenoxy) is 2. The van der Waals surface area contributed by atoms with E-state index in [0.29, 0.717) is 11.1 Å². The zero-order valence-corrected chi connectivity index (χ0v) is 23.7. The molecule has 4 rings (SSSR count). The molecular formula is C30H29O7PS. The lowest BCUT2D eigenvalue weighted by atomic mass is 10.1. The van der Waals surface area contributed by atoms with E-state index in [9.17, 15) is 18.0 Å². The number of carbonyl (C=O) groups excluding carboxylic acids is 2. The van der Waals surface area contributed by atoms with Crippen molar-refractivity contribution in [2.24, 2.45) is 0 Å². The van der Waals surface area contributed by atoms with Crippen LogP contribution in [-0.4, -0.2) is 41.7 Å². The van der Waals surface area contributed by atoms with Crippen LogP contribution in [0, 0.1) is 6.92 Å². The molecule has 0 aliphatic rings. The largest absolute Gasteiger partial charge is 0.465 e. The molecule has 4 aromatic carbocycles. The molecule has 202 valence electrons. The molecule has 0 radical (unpaired) electrons. The zero-order chi connectivity index (χ0) is 28.4. The molecule has 0 unspecified atom stereocenters. The SMILES string of the molecule is COC(=O)c1cc(C(=O)OC)cc(P(c2ccccc2)c2ccccc2)c1.COS(=O)(=O)c1ccc(C)cc1. The summed E-state index contributed by atoms with van der Waals surface area (Å²) in [4.78, 5) is 24.5. The van der Waals surface area contributed by atoms with Gasteiger partial charge in [0, 0.05) is 0 Å². The van der Waals surface area contributed by atoms with E-state index in [1.807, 2.05) is 43.3 Å². The van der Waals surface area contributed by atoms with Crippen LogP contribution in [0.1, 0.15) is 26.3 Å². The normalized spacial score (nSPS) is 10.8. The number of rotatable bonds is 7. The Morgan fingerprint density at radius 1 is 0.615 bits per heavy atom. The van der Waals surface area contributed by atoms with E-state index in [0.717, 1.165) is 28.6 Å². The third-order valence-corrected chi connectivity index (χ3v) is 9.27. The Kier molecular flexibility index (Phi) is 10.5. The predicted octanol–water partition coefficient (Wildman–Crippen LogP) is 4.35. The van der Waals surface area contributed by atoms with Gasteiger partial charge in [0.2, 0.25) is 0 Å². The van der Waals surface area contributed by atoms with Crippen LogP contribution in [0.4, 0.5) is 0 Å². The van der Waals surface area contributed by atoms with E-state index >= 15 is 0 Å². The lowest BCUT2D eigenvalue weighted by Gasteiger charge is -2.20. The minimum absolute atomic E-state index is 0.190. The first-order valence-electron chi connectivity index (χ1n) is 11.8. The van der Waals surface area contributed by atoms with Gasteiger partial charge in [0.05, 0.1) is 37.4 Å². The van der Waals surface area contributed by atoms with Gasteiger partial charge >= 0.3 is 11.9 Å². The molecule has 0 aliphatic heterocycles. The molecule has 0 spiro atoms. The summed E-state index contributed by atoms with van der Waals surface area (Å²) in [5.74, 6) is -0.976. The van der Waals surface area contributed by atoms with E-state index in [1.165, 1.54) is 32.4 Å². The molecule has 0 amide bonds. The molecule has 0 aliphatic carbocycles. The highest BCUT2D eigenvalue weighted by Gasteiger charge is 2.21. The average Bonchev–Trinajstić information content (AvgIpc) is 2.98. The second kappa shape index (κ2) is 13.8. The molecule has 0 N–H and O–H groups in total. The molecule has 7 nitrogen and oxygen atoms in total. The number of benzene rings is 4. The lowest BCUT2D eigenvalue weighted by Crippen LogP contribution is -2.23. The Bertz CT molecular complexity index is 1430. The first kappa shape index (κ1) is 29.7. The summed E-state index contributed by atoms with van der Waals surface area (Å²) in [6, 6.07) is 31.7. The Balaban J connectivity index is 0.000000293. The summed E-state index contributed by atoms with van der Waals surface area (Å²) in [7, 11) is -0.674. The third-order valence-electron chi connectivity index (χ3n) is 5.58. The molecule has 0 saturated heterocycles. The van der Waals surface area contributed by atoms with Gasteiger partial charge in [0.25, 0.3) is 10.1 Å². The molecule has 0 aromatic heterocycles. The van der Waals surface area contributed by atoms with Crippen molar-refractivity contribution in [3.8, 4) is 0 Å². The molecule has 4 aromatic rings. The van der Waals surface area contributed by atoms with E-state index in [2.05, 4.69) is 28.4 Å². The van der Waals surface area contributed by atoms with Crippen LogP contribution in [0.2, 0.25) is 0 Å². The minimum Gasteiger partial charge on any atom is -0.465 e. The second-order valence-corrected chi connectivity index (χ2v) is 12.1. The molecular weight excluding hydrogens is 535 g/mol. The Morgan fingerprint density at radius 3 is 1.44 bits per heavy atom. The quantitative estimate of drug-likeness (QED) is 0.187. The summed E-state index contributed by atoms with van der Waals surface area (Å²) < 4.78 is 36.2. The molecule has 0 fully saturated rings. The van der Waals surface area contributed by atoms with Crippen LogP contribution in [0.3, 0.4) is 0 Å². The second-order valence-electron chi connectivity index (χ2n) is 8.19. The summed E-state index contributed by atoms with van der Waals surface area (Å²) in [6.07, 6.45) is 0. The zero-order valence-electron chi connectivity index (χ0n) is 22.0. The fraction of sp³-hybridized carbons (Fsp3) is 0.133. The van der Waals surface area contributed by atoms with Gasteiger partial charge in [-0.05, 0) is 61.1 Å². The number of hydrogen-bond acceptors (Lipinski definition) is 7. The van der Waals surface area contributed by atoms with Crippen LogP contribution in [-0.2, 0) is 23.8 Å². The van der Waals surface area contributed by atoms with Crippen LogP contribution < -0.4 is 15.9 Å². The summed E-state index contributed by atoms with van der Waals surface area (Å²) in [6.45, 7) is 1.89. The van der Waals surface area contributed by atoms with Crippen molar-refractivity contribution in [1.82, 2.24) is 0 Å². The maximum absolute atomic E-state index is 12.2. The van der Waals surface area contributed by atoms with Crippen molar-refractivity contribution < 1.29 is 31.7 Å². The van der Waals surface area contributed by atoms with E-state index < -0.39 is 30.0 Å². The van der Waals surface area contributed by atoms with Gasteiger partial charge in [0.1, 0.15) is 0 Å². The summed E-state index contributed by atoms with van der Waals surface area (Å²) >= 11 is 0. The van der Waals surface area contributed by atoms with Gasteiger partial charge in [-0.1, -0.05) is 78.4 Å². The first-order valence-corrected chi connectivity index (χ1v) is 14.5. The predicted molar refractivity (Wildman–Crippen MR) is 153 cm³/mol. The van der Waals surface area contributed by atoms with Crippen molar-refractivity contribution in [2.75, 3.05) is 21.3 Å². The minimum atomic E-state index is -3.51. The highest BCUT2D eigenvalue weighted by atomic mass is 32.2. The summed E-state index contributed by atoms with van der Waals surface area (Å²) in [5.41, 5.74) is 1.68. The van der Waals surface area contributed by atoms with E-state index in [1.54, 1.807) is 24.3 Å². The van der Waals surface area contributed by atoms with Crippen molar-refractivity contribution >= 4 is 45.9 Å². The lowest BCUT2D eigenvalue weighted by molar-refractivity contribution is 0.0599. The first-order chi connectivity index (χ1) is 18.7. The van der Waals surface area contributed by atoms with Gasteiger partial charge in [-0.3, -0.25) is 4.18 Å². The smallest absolute Gasteiger partial charge is 0.337 e.